The molecule has 3 N–H and O–H groups in total. The molecule has 6 heteroatoms. The third-order valence-electron chi connectivity index (χ3n) is 5.69. The van der Waals surface area contributed by atoms with Gasteiger partial charge in [0.1, 0.15) is 11.4 Å². The van der Waals surface area contributed by atoms with Crippen molar-refractivity contribution in [2.45, 2.75) is 64.2 Å². The lowest BCUT2D eigenvalue weighted by Crippen LogP contribution is -2.68. The molecule has 6 nitrogen and oxygen atoms in total. The van der Waals surface area contributed by atoms with Crippen molar-refractivity contribution in [2.24, 2.45) is 10.4 Å². The topological polar surface area (TPSA) is 79.0 Å². The molecule has 0 radical (unpaired) electrons. The van der Waals surface area contributed by atoms with E-state index < -0.39 is 5.60 Å². The molecule has 140 valence electrons. The molecule has 2 fully saturated rings. The number of aliphatic hydroxyl groups is 1. The number of guanidine groups is 1. The molecule has 3 rings (SSSR count). The maximum atomic E-state index is 10.6. The molecule has 2 aliphatic rings. The van der Waals surface area contributed by atoms with Crippen LogP contribution in [0, 0.1) is 5.41 Å². The van der Waals surface area contributed by atoms with E-state index in [1.54, 1.807) is 25.3 Å². The monoisotopic (exact) mass is 349 g/mol. The summed E-state index contributed by atoms with van der Waals surface area (Å²) < 4.78 is 11.2. The molecule has 1 aromatic rings. The third kappa shape index (κ3) is 3.55. The van der Waals surface area contributed by atoms with E-state index in [0.717, 1.165) is 25.5 Å². The highest BCUT2D eigenvalue weighted by atomic mass is 16.5. The number of ether oxygens (including phenoxy) is 1. The standard InChI is InChI=1S/C19H31N3O3/c1-4-20-17(21-13-18(3,23)15-8-6-11-25-15)22-14-12-16(24-5-2)19(14)9-7-10-19/h6,8,11,14,16,23H,4-5,7,9-10,12-13H2,1-3H3,(H2,20,21,22). The summed E-state index contributed by atoms with van der Waals surface area (Å²) >= 11 is 0. The lowest BCUT2D eigenvalue weighted by atomic mass is 9.51. The van der Waals surface area contributed by atoms with Crippen molar-refractivity contribution in [2.75, 3.05) is 19.7 Å². The molecule has 0 aliphatic heterocycles. The minimum atomic E-state index is -1.12. The molecule has 0 aromatic carbocycles. The highest BCUT2D eigenvalue weighted by Gasteiger charge is 2.59. The lowest BCUT2D eigenvalue weighted by molar-refractivity contribution is -0.168. The van der Waals surface area contributed by atoms with Crippen LogP contribution in [0.3, 0.4) is 0 Å². The van der Waals surface area contributed by atoms with Crippen LogP contribution in [0.4, 0.5) is 0 Å². The summed E-state index contributed by atoms with van der Waals surface area (Å²) in [5, 5.41) is 17.5. The number of nitrogens with one attached hydrogen (secondary N) is 2. The predicted octanol–water partition coefficient (Wildman–Crippen LogP) is 2.39. The van der Waals surface area contributed by atoms with Crippen molar-refractivity contribution in [3.05, 3.63) is 24.2 Å². The quantitative estimate of drug-likeness (QED) is 0.520. The molecule has 3 atom stereocenters. The van der Waals surface area contributed by atoms with Gasteiger partial charge in [-0.05, 0) is 52.2 Å². The Morgan fingerprint density at radius 2 is 2.28 bits per heavy atom. The second-order valence-corrected chi connectivity index (χ2v) is 7.41. The Morgan fingerprint density at radius 3 is 2.84 bits per heavy atom. The van der Waals surface area contributed by atoms with Gasteiger partial charge in [0.15, 0.2) is 5.96 Å². The minimum absolute atomic E-state index is 0.241. The maximum Gasteiger partial charge on any atom is 0.191 e. The zero-order valence-corrected chi connectivity index (χ0v) is 15.5. The highest BCUT2D eigenvalue weighted by molar-refractivity contribution is 5.80. The van der Waals surface area contributed by atoms with Crippen LogP contribution in [0.1, 0.15) is 52.2 Å². The molecule has 1 aromatic heterocycles. The van der Waals surface area contributed by atoms with Gasteiger partial charge in [0.25, 0.3) is 0 Å². The van der Waals surface area contributed by atoms with Gasteiger partial charge in [-0.2, -0.15) is 0 Å². The summed E-state index contributed by atoms with van der Waals surface area (Å²) in [7, 11) is 0. The Labute approximate surface area is 150 Å². The van der Waals surface area contributed by atoms with E-state index in [2.05, 4.69) is 22.5 Å². The second kappa shape index (κ2) is 7.38. The van der Waals surface area contributed by atoms with Crippen molar-refractivity contribution in [1.82, 2.24) is 10.6 Å². The Morgan fingerprint density at radius 1 is 1.48 bits per heavy atom. The van der Waals surface area contributed by atoms with Crippen molar-refractivity contribution >= 4 is 5.96 Å². The van der Waals surface area contributed by atoms with E-state index in [9.17, 15) is 5.11 Å². The summed E-state index contributed by atoms with van der Waals surface area (Å²) in [6.45, 7) is 7.63. The highest BCUT2D eigenvalue weighted by Crippen LogP contribution is 2.57. The molecule has 1 heterocycles. The van der Waals surface area contributed by atoms with Crippen LogP contribution in [0.2, 0.25) is 0 Å². The number of nitrogens with zero attached hydrogens (tertiary/aromatic N) is 1. The fourth-order valence-electron chi connectivity index (χ4n) is 4.02. The van der Waals surface area contributed by atoms with Crippen molar-refractivity contribution in [1.29, 1.82) is 0 Å². The Bertz CT molecular complexity index is 579. The largest absolute Gasteiger partial charge is 0.466 e. The van der Waals surface area contributed by atoms with Gasteiger partial charge in [-0.3, -0.25) is 0 Å². The van der Waals surface area contributed by atoms with Crippen LogP contribution in [0.15, 0.2) is 27.8 Å². The Balaban J connectivity index is 1.64. The maximum absolute atomic E-state index is 10.6. The second-order valence-electron chi connectivity index (χ2n) is 7.41. The first-order valence-electron chi connectivity index (χ1n) is 9.44. The van der Waals surface area contributed by atoms with Gasteiger partial charge in [0.05, 0.1) is 18.9 Å². The summed E-state index contributed by atoms with van der Waals surface area (Å²) in [6.07, 6.45) is 6.69. The first-order chi connectivity index (χ1) is 12.0. The molecule has 0 amide bonds. The molecule has 0 saturated heterocycles. The van der Waals surface area contributed by atoms with Gasteiger partial charge >= 0.3 is 0 Å². The minimum Gasteiger partial charge on any atom is -0.466 e. The van der Waals surface area contributed by atoms with E-state index in [0.29, 0.717) is 17.9 Å². The predicted molar refractivity (Wildman–Crippen MR) is 97.5 cm³/mol. The summed E-state index contributed by atoms with van der Waals surface area (Å²) in [5.41, 5.74) is -0.844. The fourth-order valence-corrected chi connectivity index (χ4v) is 4.02. The van der Waals surface area contributed by atoms with Crippen molar-refractivity contribution in [3.8, 4) is 0 Å². The van der Waals surface area contributed by atoms with E-state index >= 15 is 0 Å². The normalized spacial score (nSPS) is 27.3. The van der Waals surface area contributed by atoms with E-state index in [4.69, 9.17) is 9.15 Å². The van der Waals surface area contributed by atoms with Crippen LogP contribution < -0.4 is 10.6 Å². The molecule has 2 saturated carbocycles. The Hall–Kier alpha value is -1.53. The van der Waals surface area contributed by atoms with Crippen LogP contribution in [-0.2, 0) is 10.3 Å². The van der Waals surface area contributed by atoms with Crippen LogP contribution >= 0.6 is 0 Å². The number of rotatable bonds is 7. The SMILES string of the molecule is CCNC(=NCC(C)(O)c1ccco1)NC1CC(OCC)C12CCC2. The molecular weight excluding hydrogens is 318 g/mol. The number of furan rings is 1. The van der Waals surface area contributed by atoms with Gasteiger partial charge in [-0.1, -0.05) is 6.42 Å². The number of hydrogen-bond donors (Lipinski definition) is 3. The van der Waals surface area contributed by atoms with Crippen LogP contribution in [-0.4, -0.2) is 42.9 Å². The van der Waals surface area contributed by atoms with Crippen molar-refractivity contribution in [3.63, 3.8) is 0 Å². The van der Waals surface area contributed by atoms with Gasteiger partial charge < -0.3 is 24.9 Å². The summed E-state index contributed by atoms with van der Waals surface area (Å²) in [4.78, 5) is 4.60. The zero-order valence-electron chi connectivity index (χ0n) is 15.5. The van der Waals surface area contributed by atoms with E-state index in [1.807, 2.05) is 6.92 Å². The summed E-state index contributed by atoms with van der Waals surface area (Å²) in [5.74, 6) is 1.28. The van der Waals surface area contributed by atoms with E-state index in [1.165, 1.54) is 19.3 Å². The first kappa shape index (κ1) is 18.3. The zero-order chi connectivity index (χ0) is 17.9. The lowest BCUT2D eigenvalue weighted by Gasteiger charge is -2.61. The first-order valence-corrected chi connectivity index (χ1v) is 9.44. The molecular formula is C19H31N3O3. The molecule has 2 aliphatic carbocycles. The molecule has 0 bridgehead atoms. The van der Waals surface area contributed by atoms with Gasteiger partial charge in [-0.15, -0.1) is 0 Å². The Kier molecular flexibility index (Phi) is 5.39. The number of hydrogen-bond acceptors (Lipinski definition) is 4. The van der Waals surface area contributed by atoms with Crippen LogP contribution in [0.25, 0.3) is 0 Å². The number of aliphatic imine (C=N–C) groups is 1. The molecule has 1 spiro atoms. The average molecular weight is 349 g/mol. The molecule has 3 unspecified atom stereocenters. The fraction of sp³-hybridized carbons (Fsp3) is 0.737. The van der Waals surface area contributed by atoms with Gasteiger partial charge in [0, 0.05) is 24.6 Å². The van der Waals surface area contributed by atoms with E-state index in [-0.39, 0.29) is 12.0 Å². The molecule has 25 heavy (non-hydrogen) atoms. The third-order valence-corrected chi connectivity index (χ3v) is 5.69. The smallest absolute Gasteiger partial charge is 0.191 e. The summed E-state index contributed by atoms with van der Waals surface area (Å²) in [6, 6.07) is 3.95. The van der Waals surface area contributed by atoms with Crippen molar-refractivity contribution < 1.29 is 14.3 Å². The van der Waals surface area contributed by atoms with Gasteiger partial charge in [-0.25, -0.2) is 4.99 Å². The van der Waals surface area contributed by atoms with Gasteiger partial charge in [0.2, 0.25) is 0 Å². The average Bonchev–Trinajstić information content (AvgIpc) is 3.05. The van der Waals surface area contributed by atoms with Crippen LogP contribution in [0.5, 0.6) is 0 Å².